The lowest BCUT2D eigenvalue weighted by molar-refractivity contribution is 0.0976. The maximum Gasteiger partial charge on any atom is 0.165 e. The normalized spacial score (nSPS) is 10.9. The van der Waals surface area contributed by atoms with Crippen LogP contribution >= 0.6 is 15.9 Å². The monoisotopic (exact) mass is 301 g/mol. The molecule has 1 rings (SSSR count). The van der Waals surface area contributed by atoms with Gasteiger partial charge in [-0.1, -0.05) is 29.8 Å². The maximum absolute atomic E-state index is 13.4. The molecule has 94 valence electrons. The van der Waals surface area contributed by atoms with Gasteiger partial charge in [0.15, 0.2) is 5.78 Å². The van der Waals surface area contributed by atoms with Crippen LogP contribution in [0.3, 0.4) is 0 Å². The first-order chi connectivity index (χ1) is 8.00. The molecule has 0 saturated heterocycles. The summed E-state index contributed by atoms with van der Waals surface area (Å²) in [6.07, 6.45) is 1.09. The molecule has 0 radical (unpaired) electrons. The van der Waals surface area contributed by atoms with E-state index in [4.69, 9.17) is 0 Å². The molecule has 17 heavy (non-hydrogen) atoms. The number of nitrogens with one attached hydrogen (secondary N) is 1. The second-order valence-corrected chi connectivity index (χ2v) is 5.18. The molecule has 0 aliphatic carbocycles. The third-order valence-corrected chi connectivity index (χ3v) is 2.86. The molecular formula is C13H17BrFNO. The Bertz CT molecular complexity index is 393. The number of halogens is 2. The third-order valence-electron chi connectivity index (χ3n) is 2.36. The molecule has 0 aliphatic rings. The number of benzene rings is 1. The van der Waals surface area contributed by atoms with E-state index in [1.54, 1.807) is 6.07 Å². The van der Waals surface area contributed by atoms with Crippen molar-refractivity contribution < 1.29 is 9.18 Å². The van der Waals surface area contributed by atoms with Gasteiger partial charge in [0.1, 0.15) is 5.82 Å². The van der Waals surface area contributed by atoms with Crippen LogP contribution in [0.15, 0.2) is 22.7 Å². The van der Waals surface area contributed by atoms with Crippen LogP contribution in [0.25, 0.3) is 0 Å². The van der Waals surface area contributed by atoms with E-state index in [1.165, 1.54) is 12.1 Å². The molecule has 1 N–H and O–H groups in total. The van der Waals surface area contributed by atoms with Gasteiger partial charge >= 0.3 is 0 Å². The van der Waals surface area contributed by atoms with Crippen LogP contribution in [0.5, 0.6) is 0 Å². The van der Waals surface area contributed by atoms with E-state index in [1.807, 2.05) is 0 Å². The summed E-state index contributed by atoms with van der Waals surface area (Å²) in [5.74, 6) is -0.593. The van der Waals surface area contributed by atoms with E-state index in [0.717, 1.165) is 17.4 Å². The first kappa shape index (κ1) is 14.3. The Labute approximate surface area is 110 Å². The summed E-state index contributed by atoms with van der Waals surface area (Å²) in [7, 11) is 0. The minimum absolute atomic E-state index is 0.144. The molecule has 0 fully saturated rings. The minimum atomic E-state index is -0.449. The Morgan fingerprint density at radius 2 is 2.18 bits per heavy atom. The van der Waals surface area contributed by atoms with Crippen molar-refractivity contribution in [3.63, 3.8) is 0 Å². The molecule has 1 aromatic carbocycles. The van der Waals surface area contributed by atoms with Gasteiger partial charge in [-0.2, -0.15) is 0 Å². The fraction of sp³-hybridized carbons (Fsp3) is 0.462. The summed E-state index contributed by atoms with van der Waals surface area (Å²) in [5.41, 5.74) is 0.170. The van der Waals surface area contributed by atoms with Crippen LogP contribution in [0, 0.1) is 5.82 Å². The predicted molar refractivity (Wildman–Crippen MR) is 70.8 cm³/mol. The molecule has 0 amide bonds. The average molecular weight is 302 g/mol. The van der Waals surface area contributed by atoms with Crippen molar-refractivity contribution in [2.24, 2.45) is 0 Å². The van der Waals surface area contributed by atoms with Gasteiger partial charge in [-0.3, -0.25) is 4.79 Å². The fourth-order valence-electron chi connectivity index (χ4n) is 1.49. The quantitative estimate of drug-likeness (QED) is 0.643. The topological polar surface area (TPSA) is 29.1 Å². The largest absolute Gasteiger partial charge is 0.315 e. The lowest BCUT2D eigenvalue weighted by Crippen LogP contribution is -2.24. The van der Waals surface area contributed by atoms with Gasteiger partial charge in [0, 0.05) is 16.9 Å². The van der Waals surface area contributed by atoms with Crippen LogP contribution < -0.4 is 5.32 Å². The molecular weight excluding hydrogens is 285 g/mol. The number of Topliss-reactive ketones (excluding diaryl/α,β-unsaturated/α-hetero) is 1. The fourth-order valence-corrected chi connectivity index (χ4v) is 1.85. The molecule has 0 aromatic heterocycles. The summed E-state index contributed by atoms with van der Waals surface area (Å²) >= 11 is 3.23. The van der Waals surface area contributed by atoms with Gasteiger partial charge in [0.05, 0.1) is 5.56 Å². The number of carbonyl (C=O) groups is 1. The van der Waals surface area contributed by atoms with Crippen molar-refractivity contribution in [1.29, 1.82) is 0 Å². The van der Waals surface area contributed by atoms with Crippen molar-refractivity contribution in [2.75, 3.05) is 6.54 Å². The number of carbonyl (C=O) groups excluding carboxylic acids is 1. The van der Waals surface area contributed by atoms with Crippen molar-refractivity contribution >= 4 is 21.7 Å². The summed E-state index contributed by atoms with van der Waals surface area (Å²) in [5, 5.41) is 3.22. The van der Waals surface area contributed by atoms with E-state index in [9.17, 15) is 9.18 Å². The van der Waals surface area contributed by atoms with Crippen molar-refractivity contribution in [3.8, 4) is 0 Å². The summed E-state index contributed by atoms with van der Waals surface area (Å²) in [6, 6.07) is 4.84. The van der Waals surface area contributed by atoms with E-state index in [-0.39, 0.29) is 11.3 Å². The van der Waals surface area contributed by atoms with Crippen LogP contribution in [0.4, 0.5) is 4.39 Å². The zero-order chi connectivity index (χ0) is 12.8. The molecule has 0 unspecified atom stereocenters. The Hall–Kier alpha value is -0.740. The zero-order valence-corrected chi connectivity index (χ0v) is 11.7. The van der Waals surface area contributed by atoms with Gasteiger partial charge in [-0.15, -0.1) is 0 Å². The Balaban J connectivity index is 2.49. The van der Waals surface area contributed by atoms with Gasteiger partial charge in [-0.25, -0.2) is 4.39 Å². The number of hydrogen-bond acceptors (Lipinski definition) is 2. The predicted octanol–water partition coefficient (Wildman–Crippen LogP) is 3.55. The van der Waals surface area contributed by atoms with E-state index >= 15 is 0 Å². The van der Waals surface area contributed by atoms with Crippen molar-refractivity contribution in [3.05, 3.63) is 34.1 Å². The highest BCUT2D eigenvalue weighted by molar-refractivity contribution is 9.10. The first-order valence-electron chi connectivity index (χ1n) is 5.72. The smallest absolute Gasteiger partial charge is 0.165 e. The summed E-state index contributed by atoms with van der Waals surface area (Å²) < 4.78 is 14.1. The Morgan fingerprint density at radius 3 is 2.82 bits per heavy atom. The van der Waals surface area contributed by atoms with Crippen molar-refractivity contribution in [2.45, 2.75) is 32.7 Å². The molecule has 1 aromatic rings. The summed E-state index contributed by atoms with van der Waals surface area (Å²) in [6.45, 7) is 4.88. The number of hydrogen-bond donors (Lipinski definition) is 1. The first-order valence-corrected chi connectivity index (χ1v) is 6.51. The number of rotatable bonds is 6. The standard InChI is InChI=1S/C13H17BrFNO/c1-9(2)16-7-3-4-13(17)11-8-10(14)5-6-12(11)15/h5-6,8-9,16H,3-4,7H2,1-2H3. The average Bonchev–Trinajstić information content (AvgIpc) is 2.27. The molecule has 0 heterocycles. The molecule has 0 saturated carbocycles. The zero-order valence-electron chi connectivity index (χ0n) is 10.1. The molecule has 4 heteroatoms. The second kappa shape index (κ2) is 6.87. The third kappa shape index (κ3) is 4.96. The highest BCUT2D eigenvalue weighted by Crippen LogP contribution is 2.17. The summed E-state index contributed by atoms with van der Waals surface area (Å²) in [4.78, 5) is 11.8. The molecule has 0 aliphatic heterocycles. The highest BCUT2D eigenvalue weighted by atomic mass is 79.9. The van der Waals surface area contributed by atoms with E-state index in [2.05, 4.69) is 35.1 Å². The van der Waals surface area contributed by atoms with Crippen LogP contribution in [-0.4, -0.2) is 18.4 Å². The van der Waals surface area contributed by atoms with Crippen LogP contribution in [0.1, 0.15) is 37.0 Å². The van der Waals surface area contributed by atoms with Gasteiger partial charge in [0.2, 0.25) is 0 Å². The maximum atomic E-state index is 13.4. The molecule has 0 spiro atoms. The Kier molecular flexibility index (Phi) is 5.78. The Morgan fingerprint density at radius 1 is 1.47 bits per heavy atom. The second-order valence-electron chi connectivity index (χ2n) is 4.26. The van der Waals surface area contributed by atoms with Gasteiger partial charge in [0.25, 0.3) is 0 Å². The van der Waals surface area contributed by atoms with E-state index in [0.29, 0.717) is 12.5 Å². The number of ketones is 1. The van der Waals surface area contributed by atoms with E-state index < -0.39 is 5.82 Å². The van der Waals surface area contributed by atoms with Crippen LogP contribution in [-0.2, 0) is 0 Å². The molecule has 2 nitrogen and oxygen atoms in total. The molecule has 0 atom stereocenters. The highest BCUT2D eigenvalue weighted by Gasteiger charge is 2.11. The SMILES string of the molecule is CC(C)NCCCC(=O)c1cc(Br)ccc1F. The minimum Gasteiger partial charge on any atom is -0.315 e. The lowest BCUT2D eigenvalue weighted by Gasteiger charge is -2.07. The van der Waals surface area contributed by atoms with Gasteiger partial charge < -0.3 is 5.32 Å². The van der Waals surface area contributed by atoms with Crippen molar-refractivity contribution in [1.82, 2.24) is 5.32 Å². The van der Waals surface area contributed by atoms with Gasteiger partial charge in [-0.05, 0) is 31.2 Å². The molecule has 0 bridgehead atoms. The lowest BCUT2D eigenvalue weighted by atomic mass is 10.1. The van der Waals surface area contributed by atoms with Crippen LogP contribution in [0.2, 0.25) is 0 Å².